The Labute approximate surface area is 138 Å². The highest BCUT2D eigenvalue weighted by Crippen LogP contribution is 2.35. The molecule has 1 unspecified atom stereocenters. The fourth-order valence-corrected chi connectivity index (χ4v) is 3.40. The number of nitrogens with one attached hydrogen (secondary N) is 1. The summed E-state index contributed by atoms with van der Waals surface area (Å²) < 4.78 is 2.10. The summed E-state index contributed by atoms with van der Waals surface area (Å²) in [5.74, 6) is 1.11. The molecule has 0 radical (unpaired) electrons. The lowest BCUT2D eigenvalue weighted by Gasteiger charge is -2.24. The van der Waals surface area contributed by atoms with Gasteiger partial charge in [-0.15, -0.1) is 0 Å². The quantitative estimate of drug-likeness (QED) is 0.565. The molecular weight excluding hydrogens is 298 g/mol. The lowest BCUT2D eigenvalue weighted by Crippen LogP contribution is -2.31. The minimum Gasteiger partial charge on any atom is -0.370 e. The minimum absolute atomic E-state index is 0.236. The maximum Gasteiger partial charge on any atom is 0.212 e. The van der Waals surface area contributed by atoms with Gasteiger partial charge in [-0.1, -0.05) is 54.6 Å². The topological polar surface area (TPSA) is 68.2 Å². The van der Waals surface area contributed by atoms with Crippen molar-refractivity contribution >= 4 is 33.7 Å². The lowest BCUT2D eigenvalue weighted by atomic mass is 10.0. The van der Waals surface area contributed by atoms with Gasteiger partial charge in [0.25, 0.3) is 0 Å². The van der Waals surface area contributed by atoms with Gasteiger partial charge in [0.1, 0.15) is 0 Å². The Morgan fingerprint density at radius 3 is 2.67 bits per heavy atom. The first kappa shape index (κ1) is 13.1. The van der Waals surface area contributed by atoms with Crippen molar-refractivity contribution < 1.29 is 0 Å². The van der Waals surface area contributed by atoms with Gasteiger partial charge in [-0.2, -0.15) is 0 Å². The summed E-state index contributed by atoms with van der Waals surface area (Å²) >= 11 is 0. The third-order valence-electron chi connectivity index (χ3n) is 4.44. The van der Waals surface area contributed by atoms with Crippen LogP contribution in [0.5, 0.6) is 0 Å². The van der Waals surface area contributed by atoms with E-state index >= 15 is 0 Å². The largest absolute Gasteiger partial charge is 0.370 e. The standard InChI is InChI=1S/C19H15N5/c20-18-22-17(14-9-5-7-12-6-1-2-8-13(12)14)24-16-11-4-3-10-15(16)21-19(24)23-18/h1-11,17H,(H3,20,21,22,23). The Morgan fingerprint density at radius 1 is 0.917 bits per heavy atom. The van der Waals surface area contributed by atoms with E-state index in [1.807, 2.05) is 30.3 Å². The zero-order valence-corrected chi connectivity index (χ0v) is 12.8. The molecular formula is C19H15N5. The predicted octanol–water partition coefficient (Wildman–Crippen LogP) is 3.48. The number of benzene rings is 3. The second-order valence-corrected chi connectivity index (χ2v) is 5.88. The molecule has 0 aliphatic carbocycles. The van der Waals surface area contributed by atoms with Crippen molar-refractivity contribution in [1.29, 1.82) is 0 Å². The zero-order chi connectivity index (χ0) is 16.1. The predicted molar refractivity (Wildman–Crippen MR) is 97.1 cm³/mol. The maximum atomic E-state index is 6.03. The molecule has 116 valence electrons. The van der Waals surface area contributed by atoms with Crippen LogP contribution in [0.25, 0.3) is 21.8 Å². The highest BCUT2D eigenvalue weighted by molar-refractivity contribution is 5.95. The van der Waals surface area contributed by atoms with Crippen molar-refractivity contribution in [3.05, 3.63) is 72.3 Å². The van der Waals surface area contributed by atoms with Crippen LogP contribution in [0, 0.1) is 0 Å². The summed E-state index contributed by atoms with van der Waals surface area (Å²) in [5.41, 5.74) is 9.10. The van der Waals surface area contributed by atoms with E-state index < -0.39 is 0 Å². The average Bonchev–Trinajstić information content (AvgIpc) is 2.98. The van der Waals surface area contributed by atoms with Crippen LogP contribution < -0.4 is 11.1 Å². The molecule has 1 aliphatic heterocycles. The smallest absolute Gasteiger partial charge is 0.212 e. The van der Waals surface area contributed by atoms with Crippen LogP contribution in [0.2, 0.25) is 0 Å². The normalized spacial score (nSPS) is 16.7. The Hall–Kier alpha value is -3.34. The molecule has 5 heteroatoms. The van der Waals surface area contributed by atoms with Gasteiger partial charge >= 0.3 is 0 Å². The molecule has 0 spiro atoms. The van der Waals surface area contributed by atoms with E-state index in [-0.39, 0.29) is 6.17 Å². The molecule has 24 heavy (non-hydrogen) atoms. The van der Waals surface area contributed by atoms with Gasteiger partial charge in [0, 0.05) is 5.56 Å². The van der Waals surface area contributed by atoms with E-state index in [9.17, 15) is 0 Å². The van der Waals surface area contributed by atoms with Crippen molar-refractivity contribution in [3.8, 4) is 0 Å². The number of aromatic nitrogens is 2. The first-order chi connectivity index (χ1) is 11.8. The minimum atomic E-state index is -0.236. The zero-order valence-electron chi connectivity index (χ0n) is 12.8. The van der Waals surface area contributed by atoms with Crippen LogP contribution in [0.15, 0.2) is 71.7 Å². The number of hydrogen-bond donors (Lipinski definition) is 2. The molecule has 0 saturated carbocycles. The number of aliphatic imine (C=N–C) groups is 1. The number of hydrogen-bond acceptors (Lipinski definition) is 4. The number of imidazole rings is 1. The highest BCUT2D eigenvalue weighted by atomic mass is 15.4. The van der Waals surface area contributed by atoms with Crippen molar-refractivity contribution in [2.75, 3.05) is 5.32 Å². The molecule has 1 aromatic heterocycles. The van der Waals surface area contributed by atoms with Gasteiger partial charge in [0.05, 0.1) is 11.0 Å². The molecule has 3 aromatic carbocycles. The second-order valence-electron chi connectivity index (χ2n) is 5.88. The van der Waals surface area contributed by atoms with Gasteiger partial charge in [-0.05, 0) is 22.9 Å². The first-order valence-corrected chi connectivity index (χ1v) is 7.86. The van der Waals surface area contributed by atoms with Crippen molar-refractivity contribution in [3.63, 3.8) is 0 Å². The van der Waals surface area contributed by atoms with Crippen LogP contribution in [-0.4, -0.2) is 15.5 Å². The number of fused-ring (bicyclic) bond motifs is 4. The van der Waals surface area contributed by atoms with Gasteiger partial charge in [-0.25, -0.2) is 9.98 Å². The van der Waals surface area contributed by atoms with E-state index in [2.05, 4.69) is 56.3 Å². The van der Waals surface area contributed by atoms with Crippen LogP contribution >= 0.6 is 0 Å². The Morgan fingerprint density at radius 2 is 1.71 bits per heavy atom. The number of rotatable bonds is 1. The van der Waals surface area contributed by atoms with Gasteiger partial charge < -0.3 is 5.73 Å². The summed E-state index contributed by atoms with van der Waals surface area (Å²) in [6.07, 6.45) is -0.236. The van der Waals surface area contributed by atoms with Crippen molar-refractivity contribution in [2.45, 2.75) is 6.17 Å². The second kappa shape index (κ2) is 4.83. The molecule has 0 fully saturated rings. The van der Waals surface area contributed by atoms with Crippen LogP contribution in [0.4, 0.5) is 5.95 Å². The Kier molecular flexibility index (Phi) is 2.64. The summed E-state index contributed by atoms with van der Waals surface area (Å²) in [4.78, 5) is 9.32. The molecule has 0 amide bonds. The summed E-state index contributed by atoms with van der Waals surface area (Å²) in [7, 11) is 0. The van der Waals surface area contributed by atoms with Crippen LogP contribution in [0.1, 0.15) is 11.7 Å². The number of anilines is 1. The van der Waals surface area contributed by atoms with Gasteiger partial charge in [-0.3, -0.25) is 9.88 Å². The highest BCUT2D eigenvalue weighted by Gasteiger charge is 2.25. The number of nitrogens with two attached hydrogens (primary N) is 1. The van der Waals surface area contributed by atoms with E-state index in [4.69, 9.17) is 5.73 Å². The molecule has 2 heterocycles. The summed E-state index contributed by atoms with van der Waals surface area (Å²) in [6, 6.07) is 22.7. The molecule has 1 aliphatic rings. The number of para-hydroxylation sites is 2. The van der Waals surface area contributed by atoms with Gasteiger partial charge in [0.15, 0.2) is 12.1 Å². The monoisotopic (exact) mass is 313 g/mol. The molecule has 4 aromatic rings. The molecule has 0 saturated heterocycles. The van der Waals surface area contributed by atoms with Crippen molar-refractivity contribution in [2.24, 2.45) is 10.7 Å². The molecule has 1 atom stereocenters. The number of guanidine groups is 1. The van der Waals surface area contributed by atoms with Crippen LogP contribution in [-0.2, 0) is 0 Å². The third-order valence-corrected chi connectivity index (χ3v) is 4.44. The van der Waals surface area contributed by atoms with Gasteiger partial charge in [0.2, 0.25) is 5.95 Å². The van der Waals surface area contributed by atoms with Crippen LogP contribution in [0.3, 0.4) is 0 Å². The SMILES string of the molecule is NC1=NC(c2cccc3ccccc23)n2c(nc3ccccc32)N1. The van der Waals surface area contributed by atoms with E-state index in [0.29, 0.717) is 5.96 Å². The fourth-order valence-electron chi connectivity index (χ4n) is 3.40. The Balaban J connectivity index is 1.83. The van der Waals surface area contributed by atoms with E-state index in [1.54, 1.807) is 0 Å². The molecule has 3 N–H and O–H groups in total. The molecule has 0 bridgehead atoms. The average molecular weight is 313 g/mol. The molecule has 5 rings (SSSR count). The fraction of sp³-hybridized carbons (Fsp3) is 0.0526. The first-order valence-electron chi connectivity index (χ1n) is 7.86. The maximum absolute atomic E-state index is 6.03. The van der Waals surface area contributed by atoms with E-state index in [1.165, 1.54) is 10.8 Å². The summed E-state index contributed by atoms with van der Waals surface area (Å²) in [6.45, 7) is 0. The molecule has 5 nitrogen and oxygen atoms in total. The lowest BCUT2D eigenvalue weighted by molar-refractivity contribution is 0.630. The van der Waals surface area contributed by atoms with Crippen molar-refractivity contribution in [1.82, 2.24) is 9.55 Å². The van der Waals surface area contributed by atoms with E-state index in [0.717, 1.165) is 22.5 Å². The summed E-state index contributed by atoms with van der Waals surface area (Å²) in [5, 5.41) is 5.44. The third kappa shape index (κ3) is 1.81. The Bertz CT molecular complexity index is 1100. The number of nitrogens with zero attached hydrogens (tertiary/aromatic N) is 3.